The lowest BCUT2D eigenvalue weighted by Crippen LogP contribution is -2.59. The summed E-state index contributed by atoms with van der Waals surface area (Å²) in [6.45, 7) is 5.68. The first-order valence-corrected chi connectivity index (χ1v) is 11.8. The van der Waals surface area contributed by atoms with E-state index in [1.807, 2.05) is 67.6 Å². The molecule has 2 heterocycles. The topological polar surface area (TPSA) is 74.2 Å². The van der Waals surface area contributed by atoms with Gasteiger partial charge in [0.25, 0.3) is 0 Å². The Morgan fingerprint density at radius 2 is 1.83 bits per heavy atom. The number of rotatable bonds is 4. The standard InChI is InChI=1S/C27H25ClN4O3/c1-4-35-26(34)24-30-32(21-13-10-17(2)11-14-21)27(19-8-6-5-7-9-19)22-16-20(28)12-15-23(22)29-25(33)18(3)31(24)27/h5-16,18H,4H2,1-3H3,(H,29,33)/t18-,27+/m0/s1. The Morgan fingerprint density at radius 3 is 2.51 bits per heavy atom. The van der Waals surface area contributed by atoms with Gasteiger partial charge in [0.05, 0.1) is 12.3 Å². The summed E-state index contributed by atoms with van der Waals surface area (Å²) in [4.78, 5) is 28.4. The van der Waals surface area contributed by atoms with Crippen LogP contribution in [-0.4, -0.2) is 35.3 Å². The van der Waals surface area contributed by atoms with Crippen LogP contribution < -0.4 is 10.3 Å². The molecule has 0 aliphatic carbocycles. The third-order valence-electron chi connectivity index (χ3n) is 6.37. The predicted molar refractivity (Wildman–Crippen MR) is 136 cm³/mol. The molecule has 2 aliphatic rings. The molecule has 7 nitrogen and oxygen atoms in total. The van der Waals surface area contributed by atoms with Crippen molar-refractivity contribution in [3.63, 3.8) is 0 Å². The number of fused-ring (bicyclic) bond motifs is 3. The molecular formula is C27H25ClN4O3. The lowest BCUT2D eigenvalue weighted by atomic mass is 9.86. The van der Waals surface area contributed by atoms with Gasteiger partial charge in [-0.3, -0.25) is 4.79 Å². The molecule has 1 N–H and O–H groups in total. The van der Waals surface area contributed by atoms with Gasteiger partial charge in [-0.1, -0.05) is 59.6 Å². The third-order valence-corrected chi connectivity index (χ3v) is 6.61. The van der Waals surface area contributed by atoms with Crippen molar-refractivity contribution in [1.29, 1.82) is 0 Å². The summed E-state index contributed by atoms with van der Waals surface area (Å²) < 4.78 is 5.40. The number of ether oxygens (including phenoxy) is 1. The smallest absolute Gasteiger partial charge is 0.376 e. The van der Waals surface area contributed by atoms with Crippen molar-refractivity contribution >= 4 is 40.7 Å². The van der Waals surface area contributed by atoms with Crippen molar-refractivity contribution in [2.24, 2.45) is 5.10 Å². The molecule has 0 saturated carbocycles. The molecule has 1 amide bonds. The maximum atomic E-state index is 13.4. The fourth-order valence-electron chi connectivity index (χ4n) is 4.80. The molecule has 0 bridgehead atoms. The van der Waals surface area contributed by atoms with E-state index >= 15 is 0 Å². The summed E-state index contributed by atoms with van der Waals surface area (Å²) in [7, 11) is 0. The Kier molecular flexibility index (Phi) is 5.73. The normalized spacial score (nSPS) is 21.0. The second-order valence-corrected chi connectivity index (χ2v) is 8.99. The summed E-state index contributed by atoms with van der Waals surface area (Å²) >= 11 is 6.53. The predicted octanol–water partition coefficient (Wildman–Crippen LogP) is 4.89. The second kappa shape index (κ2) is 8.74. The summed E-state index contributed by atoms with van der Waals surface area (Å²) in [6, 6.07) is 22.1. The summed E-state index contributed by atoms with van der Waals surface area (Å²) in [6.07, 6.45) is 0. The molecule has 3 aromatic rings. The van der Waals surface area contributed by atoms with E-state index in [0.29, 0.717) is 16.3 Å². The van der Waals surface area contributed by atoms with Crippen molar-refractivity contribution in [2.45, 2.75) is 32.5 Å². The first kappa shape index (κ1) is 22.9. The fraction of sp³-hybridized carbons (Fsp3) is 0.222. The lowest BCUT2D eigenvalue weighted by Gasteiger charge is -2.45. The number of anilines is 2. The first-order chi connectivity index (χ1) is 16.9. The van der Waals surface area contributed by atoms with Gasteiger partial charge in [0.2, 0.25) is 11.7 Å². The van der Waals surface area contributed by atoms with E-state index in [4.69, 9.17) is 21.4 Å². The number of hydrazone groups is 1. The number of amides is 1. The molecule has 2 atom stereocenters. The molecule has 0 radical (unpaired) electrons. The first-order valence-electron chi connectivity index (χ1n) is 11.5. The van der Waals surface area contributed by atoms with Crippen molar-refractivity contribution in [1.82, 2.24) is 4.90 Å². The number of halogens is 1. The number of amidine groups is 1. The minimum atomic E-state index is -1.20. The van der Waals surface area contributed by atoms with Gasteiger partial charge in [0, 0.05) is 21.8 Å². The number of benzene rings is 3. The van der Waals surface area contributed by atoms with Crippen LogP contribution in [0.15, 0.2) is 77.9 Å². The number of nitrogens with zero attached hydrogens (tertiary/aromatic N) is 3. The molecule has 0 unspecified atom stereocenters. The van der Waals surface area contributed by atoms with Crippen LogP contribution in [0, 0.1) is 6.92 Å². The van der Waals surface area contributed by atoms with Crippen LogP contribution in [0.3, 0.4) is 0 Å². The average Bonchev–Trinajstić information content (AvgIpc) is 3.18. The van der Waals surface area contributed by atoms with E-state index in [9.17, 15) is 9.59 Å². The maximum absolute atomic E-state index is 13.4. The molecule has 0 aromatic heterocycles. The maximum Gasteiger partial charge on any atom is 0.376 e. The van der Waals surface area contributed by atoms with Crippen molar-refractivity contribution < 1.29 is 14.3 Å². The highest BCUT2D eigenvalue weighted by Gasteiger charge is 2.59. The molecule has 178 valence electrons. The van der Waals surface area contributed by atoms with Crippen molar-refractivity contribution in [3.8, 4) is 0 Å². The van der Waals surface area contributed by atoms with Crippen molar-refractivity contribution in [3.05, 3.63) is 94.5 Å². The third kappa shape index (κ3) is 3.54. The number of hydrogen-bond acceptors (Lipinski definition) is 6. The van der Waals surface area contributed by atoms with E-state index in [1.54, 1.807) is 35.9 Å². The van der Waals surface area contributed by atoms with E-state index in [-0.39, 0.29) is 18.3 Å². The van der Waals surface area contributed by atoms with Crippen LogP contribution in [-0.2, 0) is 20.0 Å². The minimum absolute atomic E-state index is 0.0479. The van der Waals surface area contributed by atoms with Crippen LogP contribution in [0.5, 0.6) is 0 Å². The fourth-order valence-corrected chi connectivity index (χ4v) is 4.97. The van der Waals surface area contributed by atoms with Gasteiger partial charge in [0.15, 0.2) is 5.66 Å². The van der Waals surface area contributed by atoms with E-state index in [0.717, 1.165) is 16.8 Å². The molecule has 0 spiro atoms. The van der Waals surface area contributed by atoms with E-state index in [1.165, 1.54) is 0 Å². The van der Waals surface area contributed by atoms with Gasteiger partial charge in [0.1, 0.15) is 6.04 Å². The Bertz CT molecular complexity index is 1330. The molecular weight excluding hydrogens is 464 g/mol. The number of hydrogen-bond donors (Lipinski definition) is 1. The van der Waals surface area contributed by atoms with Gasteiger partial charge in [-0.2, -0.15) is 0 Å². The Morgan fingerprint density at radius 1 is 1.11 bits per heavy atom. The van der Waals surface area contributed by atoms with E-state index < -0.39 is 17.7 Å². The SMILES string of the molecule is CCOC(=O)C1=NN(c2ccc(C)cc2)[C@]2(c3ccccc3)c3cc(Cl)ccc3NC(=O)[C@H](C)N12. The zero-order valence-electron chi connectivity index (χ0n) is 19.7. The number of carbonyl (C=O) groups is 2. The number of esters is 1. The molecule has 35 heavy (non-hydrogen) atoms. The molecule has 3 aromatic carbocycles. The van der Waals surface area contributed by atoms with Gasteiger partial charge in [-0.15, -0.1) is 5.10 Å². The van der Waals surface area contributed by atoms with Gasteiger partial charge >= 0.3 is 5.97 Å². The van der Waals surface area contributed by atoms with Gasteiger partial charge in [-0.05, 0) is 51.1 Å². The molecule has 5 rings (SSSR count). The van der Waals surface area contributed by atoms with Crippen LogP contribution >= 0.6 is 11.6 Å². The average molecular weight is 489 g/mol. The van der Waals surface area contributed by atoms with Gasteiger partial charge < -0.3 is 15.0 Å². The summed E-state index contributed by atoms with van der Waals surface area (Å²) in [5, 5.41) is 10.1. The molecule has 0 saturated heterocycles. The highest BCUT2D eigenvalue weighted by Crippen LogP contribution is 2.51. The van der Waals surface area contributed by atoms with Crippen LogP contribution in [0.1, 0.15) is 30.5 Å². The number of aryl methyl sites for hydroxylation is 1. The van der Waals surface area contributed by atoms with E-state index in [2.05, 4.69) is 5.32 Å². The quantitative estimate of drug-likeness (QED) is 0.529. The molecule has 2 aliphatic heterocycles. The Hall–Kier alpha value is -3.84. The number of nitrogens with one attached hydrogen (secondary N) is 1. The highest BCUT2D eigenvalue weighted by molar-refractivity contribution is 6.37. The van der Waals surface area contributed by atoms with Crippen molar-refractivity contribution in [2.75, 3.05) is 16.9 Å². The monoisotopic (exact) mass is 488 g/mol. The second-order valence-electron chi connectivity index (χ2n) is 8.55. The zero-order chi connectivity index (χ0) is 24.7. The summed E-state index contributed by atoms with van der Waals surface area (Å²) in [5.74, 6) is -0.826. The van der Waals surface area contributed by atoms with Crippen LogP contribution in [0.4, 0.5) is 11.4 Å². The minimum Gasteiger partial charge on any atom is -0.460 e. The lowest BCUT2D eigenvalue weighted by molar-refractivity contribution is -0.136. The largest absolute Gasteiger partial charge is 0.460 e. The zero-order valence-corrected chi connectivity index (χ0v) is 20.4. The number of carbonyl (C=O) groups excluding carboxylic acids is 2. The highest BCUT2D eigenvalue weighted by atomic mass is 35.5. The Labute approximate surface area is 208 Å². The summed E-state index contributed by atoms with van der Waals surface area (Å²) in [5.41, 5.74) is 2.74. The van der Waals surface area contributed by atoms with Crippen LogP contribution in [0.25, 0.3) is 0 Å². The van der Waals surface area contributed by atoms with Crippen LogP contribution in [0.2, 0.25) is 5.02 Å². The molecule has 0 fully saturated rings. The van der Waals surface area contributed by atoms with Gasteiger partial charge in [-0.25, -0.2) is 9.80 Å². The molecule has 8 heteroatoms. The Balaban J connectivity index is 1.91.